The first-order valence-electron chi connectivity index (χ1n) is 9.57. The van der Waals surface area contributed by atoms with E-state index in [1.807, 2.05) is 12.1 Å². The number of pyridine rings is 1. The molecule has 3 aromatic heterocycles. The topological polar surface area (TPSA) is 128 Å². The van der Waals surface area contributed by atoms with Crippen LogP contribution >= 0.6 is 0 Å². The molecular weight excluding hydrogens is 410 g/mol. The smallest absolute Gasteiger partial charge is 0.271 e. The minimum atomic E-state index is -0.519. The fourth-order valence-electron chi connectivity index (χ4n) is 3.30. The van der Waals surface area contributed by atoms with E-state index in [2.05, 4.69) is 31.4 Å². The molecule has 0 aliphatic rings. The van der Waals surface area contributed by atoms with Crippen LogP contribution in [0.2, 0.25) is 0 Å². The standard InChI is InChI=1S/C22H15N7O3/c30-21(15-7-2-4-9-19(15)29-13-23-27-28-29)25-26-22(31)16-12-18(20-10-5-11-32-20)24-17-8-3-1-6-14(16)17/h1-13H,(H,25,30)(H,26,31). The number of nitrogens with zero attached hydrogens (tertiary/aromatic N) is 5. The van der Waals surface area contributed by atoms with E-state index in [-0.39, 0.29) is 5.56 Å². The first kappa shape index (κ1) is 19.1. The number of benzene rings is 2. The van der Waals surface area contributed by atoms with Gasteiger partial charge in [0.2, 0.25) is 0 Å². The average Bonchev–Trinajstić information content (AvgIpc) is 3.56. The molecule has 0 aliphatic heterocycles. The van der Waals surface area contributed by atoms with E-state index in [1.54, 1.807) is 54.6 Å². The number of nitrogens with one attached hydrogen (secondary N) is 2. The van der Waals surface area contributed by atoms with E-state index in [4.69, 9.17) is 4.42 Å². The summed E-state index contributed by atoms with van der Waals surface area (Å²) in [6.45, 7) is 0. The van der Waals surface area contributed by atoms with Crippen molar-refractivity contribution in [2.24, 2.45) is 0 Å². The summed E-state index contributed by atoms with van der Waals surface area (Å²) in [4.78, 5) is 30.3. The zero-order valence-electron chi connectivity index (χ0n) is 16.5. The molecule has 0 spiro atoms. The maximum absolute atomic E-state index is 13.0. The number of carbonyl (C=O) groups excluding carboxylic acids is 2. The highest BCUT2D eigenvalue weighted by Crippen LogP contribution is 2.25. The third-order valence-corrected chi connectivity index (χ3v) is 4.77. The van der Waals surface area contributed by atoms with Gasteiger partial charge in [0.05, 0.1) is 28.6 Å². The van der Waals surface area contributed by atoms with Crippen molar-refractivity contribution in [3.8, 4) is 17.1 Å². The molecule has 156 valence electrons. The van der Waals surface area contributed by atoms with Crippen LogP contribution in [0.5, 0.6) is 0 Å². The second kappa shape index (κ2) is 8.11. The maximum atomic E-state index is 13.0. The minimum Gasteiger partial charge on any atom is -0.463 e. The number of furan rings is 1. The molecule has 0 saturated heterocycles. The molecule has 0 saturated carbocycles. The van der Waals surface area contributed by atoms with Gasteiger partial charge in [0, 0.05) is 5.39 Å². The minimum absolute atomic E-state index is 0.288. The molecule has 10 nitrogen and oxygen atoms in total. The highest BCUT2D eigenvalue weighted by molar-refractivity contribution is 6.08. The lowest BCUT2D eigenvalue weighted by molar-refractivity contribution is 0.0847. The van der Waals surface area contributed by atoms with E-state index in [1.165, 1.54) is 17.3 Å². The molecule has 5 aromatic rings. The summed E-state index contributed by atoms with van der Waals surface area (Å²) in [6, 6.07) is 19.1. The first-order chi connectivity index (χ1) is 15.7. The van der Waals surface area contributed by atoms with Crippen LogP contribution in [0.25, 0.3) is 28.0 Å². The zero-order chi connectivity index (χ0) is 21.9. The Morgan fingerprint density at radius 1 is 0.875 bits per heavy atom. The summed E-state index contributed by atoms with van der Waals surface area (Å²) >= 11 is 0. The number of carbonyl (C=O) groups is 2. The number of rotatable bonds is 4. The van der Waals surface area contributed by atoms with Crippen LogP contribution in [0, 0.1) is 0 Å². The van der Waals surface area contributed by atoms with Gasteiger partial charge in [0.1, 0.15) is 12.0 Å². The van der Waals surface area contributed by atoms with Crippen LogP contribution in [-0.4, -0.2) is 37.0 Å². The predicted octanol–water partition coefficient (Wildman–Crippen LogP) is 2.55. The molecule has 5 rings (SSSR count). The van der Waals surface area contributed by atoms with Crippen molar-refractivity contribution in [3.05, 3.63) is 90.4 Å². The lowest BCUT2D eigenvalue weighted by Crippen LogP contribution is -2.42. The number of amides is 2. The Hall–Kier alpha value is -4.86. The van der Waals surface area contributed by atoms with Crippen molar-refractivity contribution in [1.82, 2.24) is 36.0 Å². The highest BCUT2D eigenvalue weighted by atomic mass is 16.3. The Morgan fingerprint density at radius 3 is 2.44 bits per heavy atom. The normalized spacial score (nSPS) is 10.8. The van der Waals surface area contributed by atoms with Gasteiger partial charge < -0.3 is 4.42 Å². The monoisotopic (exact) mass is 425 g/mol. The van der Waals surface area contributed by atoms with Crippen molar-refractivity contribution < 1.29 is 14.0 Å². The van der Waals surface area contributed by atoms with Crippen molar-refractivity contribution in [3.63, 3.8) is 0 Å². The Bertz CT molecular complexity index is 1410. The van der Waals surface area contributed by atoms with Crippen LogP contribution in [0.15, 0.2) is 83.7 Å². The molecule has 0 fully saturated rings. The molecule has 2 aromatic carbocycles. The molecule has 32 heavy (non-hydrogen) atoms. The molecule has 0 unspecified atom stereocenters. The van der Waals surface area contributed by atoms with Gasteiger partial charge in [-0.25, -0.2) is 4.98 Å². The van der Waals surface area contributed by atoms with E-state index >= 15 is 0 Å². The maximum Gasteiger partial charge on any atom is 0.271 e. The second-order valence-electron chi connectivity index (χ2n) is 6.73. The summed E-state index contributed by atoms with van der Waals surface area (Å²) < 4.78 is 6.79. The number of aromatic nitrogens is 5. The van der Waals surface area contributed by atoms with Gasteiger partial charge in [-0.15, -0.1) is 5.10 Å². The van der Waals surface area contributed by atoms with Gasteiger partial charge in [0.15, 0.2) is 5.76 Å². The molecular formula is C22H15N7O3. The molecule has 2 N–H and O–H groups in total. The average molecular weight is 425 g/mol. The SMILES string of the molecule is O=C(NNC(=O)c1cc(-c2ccco2)nc2ccccc12)c1ccccc1-n1cnnn1. The molecule has 2 amide bonds. The van der Waals surface area contributed by atoms with Crippen molar-refractivity contribution in [1.29, 1.82) is 0 Å². The molecule has 10 heteroatoms. The summed E-state index contributed by atoms with van der Waals surface area (Å²) in [7, 11) is 0. The summed E-state index contributed by atoms with van der Waals surface area (Å²) in [5.74, 6) is -0.483. The van der Waals surface area contributed by atoms with E-state index in [9.17, 15) is 9.59 Å². The first-order valence-corrected chi connectivity index (χ1v) is 9.57. The van der Waals surface area contributed by atoms with E-state index in [0.29, 0.717) is 33.6 Å². The van der Waals surface area contributed by atoms with Crippen molar-refractivity contribution >= 4 is 22.7 Å². The van der Waals surface area contributed by atoms with Crippen molar-refractivity contribution in [2.45, 2.75) is 0 Å². The molecule has 0 radical (unpaired) electrons. The Labute approximate surface area is 180 Å². The number of tetrazole rings is 1. The third-order valence-electron chi connectivity index (χ3n) is 4.77. The number of hydrogen-bond donors (Lipinski definition) is 2. The van der Waals surface area contributed by atoms with Crippen LogP contribution in [0.3, 0.4) is 0 Å². The van der Waals surface area contributed by atoms with Gasteiger partial charge in [-0.2, -0.15) is 4.68 Å². The number of fused-ring (bicyclic) bond motifs is 1. The fourth-order valence-corrected chi connectivity index (χ4v) is 3.30. The van der Waals surface area contributed by atoms with Gasteiger partial charge >= 0.3 is 0 Å². The lowest BCUT2D eigenvalue weighted by Gasteiger charge is -2.12. The summed E-state index contributed by atoms with van der Waals surface area (Å²) in [6.07, 6.45) is 2.91. The second-order valence-corrected chi connectivity index (χ2v) is 6.73. The Morgan fingerprint density at radius 2 is 1.66 bits per heavy atom. The van der Waals surface area contributed by atoms with Crippen LogP contribution in [0.4, 0.5) is 0 Å². The third kappa shape index (κ3) is 3.56. The molecule has 3 heterocycles. The fraction of sp³-hybridized carbons (Fsp3) is 0. The van der Waals surface area contributed by atoms with Crippen molar-refractivity contribution in [2.75, 3.05) is 0 Å². The largest absolute Gasteiger partial charge is 0.463 e. The number of hydrogen-bond acceptors (Lipinski definition) is 7. The van der Waals surface area contributed by atoms with E-state index < -0.39 is 11.8 Å². The zero-order valence-corrected chi connectivity index (χ0v) is 16.5. The van der Waals surface area contributed by atoms with Crippen LogP contribution in [0.1, 0.15) is 20.7 Å². The quantitative estimate of drug-likeness (QED) is 0.424. The summed E-state index contributed by atoms with van der Waals surface area (Å²) in [5, 5.41) is 11.6. The van der Waals surface area contributed by atoms with Crippen LogP contribution in [-0.2, 0) is 0 Å². The Balaban J connectivity index is 1.42. The molecule has 0 bridgehead atoms. The Kier molecular flexibility index (Phi) is 4.85. The molecule has 0 aliphatic carbocycles. The van der Waals surface area contributed by atoms with Gasteiger partial charge in [-0.3, -0.25) is 20.4 Å². The van der Waals surface area contributed by atoms with Gasteiger partial charge in [0.25, 0.3) is 11.8 Å². The number of para-hydroxylation sites is 2. The highest BCUT2D eigenvalue weighted by Gasteiger charge is 2.17. The van der Waals surface area contributed by atoms with Crippen LogP contribution < -0.4 is 10.9 Å². The van der Waals surface area contributed by atoms with E-state index in [0.717, 1.165) is 0 Å². The van der Waals surface area contributed by atoms with Gasteiger partial charge in [-0.05, 0) is 46.8 Å². The van der Waals surface area contributed by atoms with Gasteiger partial charge in [-0.1, -0.05) is 30.3 Å². The predicted molar refractivity (Wildman–Crippen MR) is 114 cm³/mol. The number of hydrazine groups is 1. The molecule has 0 atom stereocenters. The lowest BCUT2D eigenvalue weighted by atomic mass is 10.1. The summed E-state index contributed by atoms with van der Waals surface area (Å²) in [5.41, 5.74) is 7.17.